The first-order valence-corrected chi connectivity index (χ1v) is 5.19. The molecule has 1 fully saturated rings. The standard InChI is InChI=1S/C9H8Cl2N2O2/c10-7-6(8(11)13-4-12-7)9(1-2-9)3-5(14)15/h4H,1-3H2,(H,14,15). The summed E-state index contributed by atoms with van der Waals surface area (Å²) in [7, 11) is 0. The lowest BCUT2D eigenvalue weighted by atomic mass is 9.95. The van der Waals surface area contributed by atoms with Crippen LogP contribution in [0.25, 0.3) is 0 Å². The van der Waals surface area contributed by atoms with Crippen LogP contribution in [-0.4, -0.2) is 21.0 Å². The fraction of sp³-hybridized carbons (Fsp3) is 0.444. The van der Waals surface area contributed by atoms with E-state index in [0.717, 1.165) is 12.8 Å². The number of aromatic nitrogens is 2. The van der Waals surface area contributed by atoms with Crippen LogP contribution in [0.1, 0.15) is 24.8 Å². The second kappa shape index (κ2) is 3.61. The van der Waals surface area contributed by atoms with Gasteiger partial charge in [0.1, 0.15) is 16.6 Å². The topological polar surface area (TPSA) is 63.1 Å². The highest BCUT2D eigenvalue weighted by Gasteiger charge is 2.49. The Morgan fingerprint density at radius 2 is 1.93 bits per heavy atom. The Balaban J connectivity index is 2.41. The fourth-order valence-electron chi connectivity index (χ4n) is 1.74. The monoisotopic (exact) mass is 246 g/mol. The Morgan fingerprint density at radius 3 is 2.33 bits per heavy atom. The number of nitrogens with zero attached hydrogens (tertiary/aromatic N) is 2. The van der Waals surface area contributed by atoms with E-state index >= 15 is 0 Å². The van der Waals surface area contributed by atoms with Gasteiger partial charge in [-0.15, -0.1) is 0 Å². The summed E-state index contributed by atoms with van der Waals surface area (Å²) in [5.74, 6) is -0.858. The van der Waals surface area contributed by atoms with Gasteiger partial charge in [-0.2, -0.15) is 0 Å². The highest BCUT2D eigenvalue weighted by molar-refractivity contribution is 6.34. The van der Waals surface area contributed by atoms with Crippen molar-refractivity contribution in [1.82, 2.24) is 9.97 Å². The molecule has 0 amide bonds. The molecule has 1 heterocycles. The lowest BCUT2D eigenvalue weighted by Crippen LogP contribution is -2.15. The third-order valence-corrected chi connectivity index (χ3v) is 3.20. The van der Waals surface area contributed by atoms with Crippen LogP contribution in [0.3, 0.4) is 0 Å². The average molecular weight is 247 g/mol. The largest absolute Gasteiger partial charge is 0.481 e. The minimum Gasteiger partial charge on any atom is -0.481 e. The molecule has 80 valence electrons. The SMILES string of the molecule is O=C(O)CC1(c2c(Cl)ncnc2Cl)CC1. The third-order valence-electron chi connectivity index (χ3n) is 2.63. The van der Waals surface area contributed by atoms with Crippen LogP contribution >= 0.6 is 23.2 Å². The number of hydrogen-bond donors (Lipinski definition) is 1. The van der Waals surface area contributed by atoms with Crippen molar-refractivity contribution in [2.24, 2.45) is 0 Å². The number of rotatable bonds is 3. The van der Waals surface area contributed by atoms with E-state index in [1.807, 2.05) is 0 Å². The van der Waals surface area contributed by atoms with Crippen molar-refractivity contribution in [3.63, 3.8) is 0 Å². The van der Waals surface area contributed by atoms with Gasteiger partial charge in [0.15, 0.2) is 0 Å². The third kappa shape index (κ3) is 1.92. The van der Waals surface area contributed by atoms with Gasteiger partial charge in [-0.25, -0.2) is 9.97 Å². The van der Waals surface area contributed by atoms with E-state index in [4.69, 9.17) is 28.3 Å². The number of halogens is 2. The summed E-state index contributed by atoms with van der Waals surface area (Å²) in [5, 5.41) is 9.32. The van der Waals surface area contributed by atoms with Crippen molar-refractivity contribution in [1.29, 1.82) is 0 Å². The predicted octanol–water partition coefficient (Wildman–Crippen LogP) is 2.29. The van der Waals surface area contributed by atoms with Crippen LogP contribution in [0, 0.1) is 0 Å². The van der Waals surface area contributed by atoms with E-state index in [9.17, 15) is 4.79 Å². The van der Waals surface area contributed by atoms with Crippen LogP contribution in [0.4, 0.5) is 0 Å². The molecule has 6 heteroatoms. The molecule has 0 unspecified atom stereocenters. The summed E-state index contributed by atoms with van der Waals surface area (Å²) in [6, 6.07) is 0. The summed E-state index contributed by atoms with van der Waals surface area (Å²) in [6.45, 7) is 0. The minimum absolute atomic E-state index is 0.0276. The van der Waals surface area contributed by atoms with Gasteiger partial charge < -0.3 is 5.11 Å². The molecule has 0 radical (unpaired) electrons. The van der Waals surface area contributed by atoms with Crippen molar-refractivity contribution in [2.45, 2.75) is 24.7 Å². The number of aliphatic carboxylic acids is 1. The molecule has 0 aliphatic heterocycles. The van der Waals surface area contributed by atoms with Crippen LogP contribution in [0.5, 0.6) is 0 Å². The molecular weight excluding hydrogens is 239 g/mol. The number of carboxylic acid groups (broad SMARTS) is 1. The van der Waals surface area contributed by atoms with Gasteiger partial charge in [0.05, 0.1) is 6.42 Å². The van der Waals surface area contributed by atoms with Crippen LogP contribution in [0.15, 0.2) is 6.33 Å². The van der Waals surface area contributed by atoms with Gasteiger partial charge in [0.2, 0.25) is 0 Å². The Kier molecular flexibility index (Phi) is 2.56. The maximum absolute atomic E-state index is 10.7. The smallest absolute Gasteiger partial charge is 0.304 e. The Bertz CT molecular complexity index is 398. The van der Waals surface area contributed by atoms with Gasteiger partial charge in [0.25, 0.3) is 0 Å². The highest BCUT2D eigenvalue weighted by Crippen LogP contribution is 2.54. The minimum atomic E-state index is -0.858. The maximum Gasteiger partial charge on any atom is 0.304 e. The average Bonchev–Trinajstić information content (AvgIpc) is 2.83. The van der Waals surface area contributed by atoms with Gasteiger partial charge >= 0.3 is 5.97 Å². The molecule has 0 bridgehead atoms. The molecule has 0 atom stereocenters. The summed E-state index contributed by atoms with van der Waals surface area (Å²) < 4.78 is 0. The van der Waals surface area contributed by atoms with Gasteiger partial charge in [-0.05, 0) is 12.8 Å². The number of carbonyl (C=O) groups is 1. The van der Waals surface area contributed by atoms with Crippen molar-refractivity contribution < 1.29 is 9.90 Å². The zero-order valence-corrected chi connectivity index (χ0v) is 9.22. The Morgan fingerprint density at radius 1 is 1.40 bits per heavy atom. The van der Waals surface area contributed by atoms with E-state index in [-0.39, 0.29) is 16.7 Å². The van der Waals surface area contributed by atoms with E-state index < -0.39 is 11.4 Å². The molecule has 0 spiro atoms. The molecule has 2 rings (SSSR count). The van der Waals surface area contributed by atoms with Crippen molar-refractivity contribution in [3.8, 4) is 0 Å². The molecule has 1 aliphatic carbocycles. The molecule has 4 nitrogen and oxygen atoms in total. The first-order valence-electron chi connectivity index (χ1n) is 4.43. The first kappa shape index (κ1) is 10.6. The van der Waals surface area contributed by atoms with E-state index in [1.54, 1.807) is 0 Å². The van der Waals surface area contributed by atoms with Gasteiger partial charge in [0, 0.05) is 11.0 Å². The Labute approximate surface area is 96.3 Å². The van der Waals surface area contributed by atoms with E-state index in [1.165, 1.54) is 6.33 Å². The lowest BCUT2D eigenvalue weighted by molar-refractivity contribution is -0.137. The van der Waals surface area contributed by atoms with Gasteiger partial charge in [-0.1, -0.05) is 23.2 Å². The number of hydrogen-bond acceptors (Lipinski definition) is 3. The van der Waals surface area contributed by atoms with E-state index in [0.29, 0.717) is 5.56 Å². The highest BCUT2D eigenvalue weighted by atomic mass is 35.5. The van der Waals surface area contributed by atoms with E-state index in [2.05, 4.69) is 9.97 Å². The summed E-state index contributed by atoms with van der Waals surface area (Å²) in [4.78, 5) is 18.4. The van der Waals surface area contributed by atoms with Crippen molar-refractivity contribution in [2.75, 3.05) is 0 Å². The zero-order chi connectivity index (χ0) is 11.1. The molecule has 0 aromatic carbocycles. The Hall–Kier alpha value is -0.870. The summed E-state index contributed by atoms with van der Waals surface area (Å²) >= 11 is 11.8. The molecule has 0 saturated heterocycles. The molecule has 1 saturated carbocycles. The van der Waals surface area contributed by atoms with Crippen LogP contribution in [-0.2, 0) is 10.2 Å². The summed E-state index contributed by atoms with van der Waals surface area (Å²) in [6.07, 6.45) is 2.84. The lowest BCUT2D eigenvalue weighted by Gasteiger charge is -2.14. The normalized spacial score (nSPS) is 17.5. The van der Waals surface area contributed by atoms with Crippen molar-refractivity contribution >= 4 is 29.2 Å². The fourth-order valence-corrected chi connectivity index (χ4v) is 2.45. The molecule has 1 aromatic rings. The van der Waals surface area contributed by atoms with Crippen LogP contribution < -0.4 is 0 Å². The molecular formula is C9H8Cl2N2O2. The summed E-state index contributed by atoms with van der Waals surface area (Å²) in [5.41, 5.74) is 0.136. The maximum atomic E-state index is 10.7. The van der Waals surface area contributed by atoms with Crippen LogP contribution in [0.2, 0.25) is 10.3 Å². The molecule has 15 heavy (non-hydrogen) atoms. The quantitative estimate of drug-likeness (QED) is 0.832. The second-order valence-corrected chi connectivity index (χ2v) is 4.40. The molecule has 1 N–H and O–H groups in total. The van der Waals surface area contributed by atoms with Crippen molar-refractivity contribution in [3.05, 3.63) is 22.2 Å². The van der Waals surface area contributed by atoms with Gasteiger partial charge in [-0.3, -0.25) is 4.79 Å². The number of carboxylic acids is 1. The zero-order valence-electron chi connectivity index (χ0n) is 7.70. The predicted molar refractivity (Wildman–Crippen MR) is 55.2 cm³/mol. The molecule has 1 aliphatic rings. The second-order valence-electron chi connectivity index (χ2n) is 3.68. The molecule has 1 aromatic heterocycles. The first-order chi connectivity index (χ1) is 7.05.